The Kier molecular flexibility index (Phi) is 6.60. The lowest BCUT2D eigenvalue weighted by molar-refractivity contribution is -0.137. The van der Waals surface area contributed by atoms with Gasteiger partial charge in [-0.15, -0.1) is 0 Å². The second-order valence-electron chi connectivity index (χ2n) is 5.51. The van der Waals surface area contributed by atoms with Gasteiger partial charge in [0.1, 0.15) is 0 Å². The lowest BCUT2D eigenvalue weighted by atomic mass is 9.98. The highest BCUT2D eigenvalue weighted by Crippen LogP contribution is 2.11. The predicted molar refractivity (Wildman–Crippen MR) is 70.8 cm³/mol. The van der Waals surface area contributed by atoms with E-state index in [0.29, 0.717) is 6.42 Å². The Hall–Kier alpha value is -0.650. The van der Waals surface area contributed by atoms with E-state index in [9.17, 15) is 4.79 Å². The van der Waals surface area contributed by atoms with Crippen molar-refractivity contribution < 1.29 is 14.6 Å². The first-order valence-electron chi connectivity index (χ1n) is 6.76. The second kappa shape index (κ2) is 7.71. The van der Waals surface area contributed by atoms with Crippen molar-refractivity contribution in [2.75, 3.05) is 39.4 Å². The fourth-order valence-corrected chi connectivity index (χ4v) is 2.06. The van der Waals surface area contributed by atoms with Crippen molar-refractivity contribution in [1.29, 1.82) is 0 Å². The summed E-state index contributed by atoms with van der Waals surface area (Å²) in [4.78, 5) is 12.9. The molecular weight excluding hydrogens is 232 g/mol. The van der Waals surface area contributed by atoms with Crippen molar-refractivity contribution in [3.8, 4) is 0 Å². The SMILES string of the molecule is CC(C)(CCC(=O)O)NCCCN1CCOCC1. The predicted octanol–water partition coefficient (Wildman–Crippen LogP) is 0.942. The van der Waals surface area contributed by atoms with Gasteiger partial charge in [0.05, 0.1) is 13.2 Å². The third-order valence-electron chi connectivity index (χ3n) is 3.32. The van der Waals surface area contributed by atoms with Gasteiger partial charge in [-0.25, -0.2) is 0 Å². The standard InChI is InChI=1S/C13H26N2O3/c1-13(2,5-4-12(16)17)14-6-3-7-15-8-10-18-11-9-15/h14H,3-11H2,1-2H3,(H,16,17). The van der Waals surface area contributed by atoms with Crippen LogP contribution in [0.4, 0.5) is 0 Å². The quantitative estimate of drug-likeness (QED) is 0.635. The minimum Gasteiger partial charge on any atom is -0.481 e. The van der Waals surface area contributed by atoms with Crippen LogP contribution in [0.2, 0.25) is 0 Å². The van der Waals surface area contributed by atoms with E-state index >= 15 is 0 Å². The monoisotopic (exact) mass is 258 g/mol. The smallest absolute Gasteiger partial charge is 0.303 e. The average molecular weight is 258 g/mol. The number of morpholine rings is 1. The van der Waals surface area contributed by atoms with E-state index < -0.39 is 5.97 Å². The summed E-state index contributed by atoms with van der Waals surface area (Å²) in [7, 11) is 0. The van der Waals surface area contributed by atoms with Crippen LogP contribution in [0.3, 0.4) is 0 Å². The topological polar surface area (TPSA) is 61.8 Å². The van der Waals surface area contributed by atoms with Crippen LogP contribution < -0.4 is 5.32 Å². The first-order chi connectivity index (χ1) is 8.49. The molecule has 0 aromatic carbocycles. The number of nitrogens with zero attached hydrogens (tertiary/aromatic N) is 1. The number of hydrogen-bond acceptors (Lipinski definition) is 4. The zero-order valence-electron chi connectivity index (χ0n) is 11.6. The number of carboxylic acid groups (broad SMARTS) is 1. The molecule has 5 heteroatoms. The lowest BCUT2D eigenvalue weighted by Crippen LogP contribution is -2.42. The molecule has 0 unspecified atom stereocenters. The lowest BCUT2D eigenvalue weighted by Gasteiger charge is -2.29. The molecule has 1 aliphatic heterocycles. The molecule has 0 spiro atoms. The fourth-order valence-electron chi connectivity index (χ4n) is 2.06. The molecular formula is C13H26N2O3. The van der Waals surface area contributed by atoms with Crippen molar-refractivity contribution >= 4 is 5.97 Å². The van der Waals surface area contributed by atoms with Crippen LogP contribution in [0.5, 0.6) is 0 Å². The van der Waals surface area contributed by atoms with E-state index in [-0.39, 0.29) is 12.0 Å². The van der Waals surface area contributed by atoms with Gasteiger partial charge in [0, 0.05) is 25.0 Å². The van der Waals surface area contributed by atoms with E-state index in [0.717, 1.165) is 45.8 Å². The maximum absolute atomic E-state index is 10.5. The van der Waals surface area contributed by atoms with Gasteiger partial charge in [-0.05, 0) is 39.8 Å². The van der Waals surface area contributed by atoms with Gasteiger partial charge >= 0.3 is 5.97 Å². The molecule has 1 fully saturated rings. The third-order valence-corrected chi connectivity index (χ3v) is 3.32. The average Bonchev–Trinajstić information content (AvgIpc) is 2.34. The van der Waals surface area contributed by atoms with Gasteiger partial charge in [0.2, 0.25) is 0 Å². The Balaban J connectivity index is 2.06. The molecule has 1 aliphatic rings. The van der Waals surface area contributed by atoms with E-state index in [1.165, 1.54) is 0 Å². The maximum Gasteiger partial charge on any atom is 0.303 e. The van der Waals surface area contributed by atoms with Gasteiger partial charge in [0.15, 0.2) is 0 Å². The molecule has 106 valence electrons. The van der Waals surface area contributed by atoms with Gasteiger partial charge < -0.3 is 15.2 Å². The maximum atomic E-state index is 10.5. The summed E-state index contributed by atoms with van der Waals surface area (Å²) in [6.45, 7) is 9.89. The molecule has 0 amide bonds. The van der Waals surface area contributed by atoms with Crippen LogP contribution in [0.15, 0.2) is 0 Å². The molecule has 0 aromatic heterocycles. The number of rotatable bonds is 8. The van der Waals surface area contributed by atoms with Gasteiger partial charge in [-0.3, -0.25) is 9.69 Å². The summed E-state index contributed by atoms with van der Waals surface area (Å²) < 4.78 is 5.30. The highest BCUT2D eigenvalue weighted by Gasteiger charge is 2.18. The van der Waals surface area contributed by atoms with Gasteiger partial charge in [0.25, 0.3) is 0 Å². The zero-order valence-corrected chi connectivity index (χ0v) is 11.6. The van der Waals surface area contributed by atoms with Crippen LogP contribution in [0.25, 0.3) is 0 Å². The largest absolute Gasteiger partial charge is 0.481 e. The van der Waals surface area contributed by atoms with Crippen LogP contribution in [-0.4, -0.2) is 60.9 Å². The minimum atomic E-state index is -0.724. The van der Waals surface area contributed by atoms with Crippen molar-refractivity contribution in [3.05, 3.63) is 0 Å². The number of carbonyl (C=O) groups is 1. The van der Waals surface area contributed by atoms with E-state index in [1.54, 1.807) is 0 Å². The zero-order chi connectivity index (χ0) is 13.4. The first kappa shape index (κ1) is 15.4. The molecule has 1 rings (SSSR count). The fraction of sp³-hybridized carbons (Fsp3) is 0.923. The molecule has 1 heterocycles. The number of nitrogens with one attached hydrogen (secondary N) is 1. The van der Waals surface area contributed by atoms with Crippen molar-refractivity contribution in [3.63, 3.8) is 0 Å². The highest BCUT2D eigenvalue weighted by atomic mass is 16.5. The molecule has 18 heavy (non-hydrogen) atoms. The van der Waals surface area contributed by atoms with E-state index in [4.69, 9.17) is 9.84 Å². The van der Waals surface area contributed by atoms with Crippen LogP contribution in [0.1, 0.15) is 33.1 Å². The Morgan fingerprint density at radius 1 is 1.39 bits per heavy atom. The normalized spacial score (nSPS) is 17.9. The van der Waals surface area contributed by atoms with Crippen molar-refractivity contribution in [1.82, 2.24) is 10.2 Å². The first-order valence-corrected chi connectivity index (χ1v) is 6.76. The summed E-state index contributed by atoms with van der Waals surface area (Å²) >= 11 is 0. The molecule has 0 aliphatic carbocycles. The minimum absolute atomic E-state index is 0.0938. The van der Waals surface area contributed by atoms with Crippen LogP contribution in [0, 0.1) is 0 Å². The Morgan fingerprint density at radius 3 is 2.67 bits per heavy atom. The molecule has 0 saturated carbocycles. The summed E-state index contributed by atoms with van der Waals surface area (Å²) in [5.41, 5.74) is -0.0938. The molecule has 1 saturated heterocycles. The number of ether oxygens (including phenoxy) is 1. The number of carboxylic acids is 1. The molecule has 0 atom stereocenters. The van der Waals surface area contributed by atoms with Gasteiger partial charge in [-0.1, -0.05) is 0 Å². The number of aliphatic carboxylic acids is 1. The molecule has 5 nitrogen and oxygen atoms in total. The Bertz CT molecular complexity index is 251. The molecule has 0 bridgehead atoms. The van der Waals surface area contributed by atoms with Crippen molar-refractivity contribution in [2.24, 2.45) is 0 Å². The highest BCUT2D eigenvalue weighted by molar-refractivity contribution is 5.66. The third kappa shape index (κ3) is 6.93. The Morgan fingerprint density at radius 2 is 2.06 bits per heavy atom. The van der Waals surface area contributed by atoms with Crippen LogP contribution >= 0.6 is 0 Å². The van der Waals surface area contributed by atoms with Crippen molar-refractivity contribution in [2.45, 2.75) is 38.6 Å². The summed E-state index contributed by atoms with van der Waals surface area (Å²) in [6.07, 6.45) is 1.99. The van der Waals surface area contributed by atoms with E-state index in [2.05, 4.69) is 24.1 Å². The summed E-state index contributed by atoms with van der Waals surface area (Å²) in [6, 6.07) is 0. The Labute approximate surface area is 109 Å². The number of hydrogen-bond donors (Lipinski definition) is 2. The second-order valence-corrected chi connectivity index (χ2v) is 5.51. The summed E-state index contributed by atoms with van der Waals surface area (Å²) in [5, 5.41) is 12.1. The molecule has 2 N–H and O–H groups in total. The van der Waals surface area contributed by atoms with Crippen LogP contribution in [-0.2, 0) is 9.53 Å². The van der Waals surface area contributed by atoms with Gasteiger partial charge in [-0.2, -0.15) is 0 Å². The molecule has 0 radical (unpaired) electrons. The molecule has 0 aromatic rings. The van der Waals surface area contributed by atoms with E-state index in [1.807, 2.05) is 0 Å². The summed E-state index contributed by atoms with van der Waals surface area (Å²) in [5.74, 6) is -0.724.